The van der Waals surface area contributed by atoms with E-state index in [2.05, 4.69) is 49.8 Å². The molecule has 32 heavy (non-hydrogen) atoms. The highest BCUT2D eigenvalue weighted by molar-refractivity contribution is 6.03. The maximum Gasteiger partial charge on any atom is 0.276 e. The first-order valence-electron chi connectivity index (χ1n) is 10.7. The second-order valence-electron chi connectivity index (χ2n) is 7.42. The summed E-state index contributed by atoms with van der Waals surface area (Å²) in [5.74, 6) is 0.362. The van der Waals surface area contributed by atoms with Gasteiger partial charge in [0.05, 0.1) is 23.8 Å². The molecule has 4 rings (SSSR count). The number of fused-ring (bicyclic) bond motifs is 1. The van der Waals surface area contributed by atoms with Crippen molar-refractivity contribution in [2.24, 2.45) is 0 Å². The fraction of sp³-hybridized carbons (Fsp3) is 0.261. The topological polar surface area (TPSA) is 109 Å². The Kier molecular flexibility index (Phi) is 6.54. The normalized spacial score (nSPS) is 11.8. The van der Waals surface area contributed by atoms with Crippen LogP contribution in [0, 0.1) is 0 Å². The standard InChI is InChI=1S/C23H26N8O/c1-3-6-16(4-2)28-21-13-19(27-18-7-5-10-25-14-18)22-26-15-20(31(22)30-21)23(32)29-17-8-11-24-12-9-17/h5,7-16,27H,3-4,6H2,1-2H3,(H,28,30)(H,24,29,32)/t16-/m1/s1. The molecule has 1 amide bonds. The molecule has 0 fully saturated rings. The molecule has 9 nitrogen and oxygen atoms in total. The second kappa shape index (κ2) is 9.86. The molecule has 0 aliphatic carbocycles. The summed E-state index contributed by atoms with van der Waals surface area (Å²) in [6.45, 7) is 4.30. The molecule has 0 aliphatic heterocycles. The van der Waals surface area contributed by atoms with Gasteiger partial charge in [0.25, 0.3) is 5.91 Å². The molecule has 0 saturated carbocycles. The average Bonchev–Trinajstić information content (AvgIpc) is 3.24. The molecule has 1 atom stereocenters. The molecule has 9 heteroatoms. The van der Waals surface area contributed by atoms with Crippen molar-refractivity contribution < 1.29 is 4.79 Å². The van der Waals surface area contributed by atoms with E-state index in [1.165, 1.54) is 6.20 Å². The third-order valence-corrected chi connectivity index (χ3v) is 5.06. The molecule has 0 bridgehead atoms. The molecule has 0 radical (unpaired) electrons. The number of pyridine rings is 2. The first-order chi connectivity index (χ1) is 15.7. The zero-order valence-electron chi connectivity index (χ0n) is 18.1. The Morgan fingerprint density at radius 1 is 1.06 bits per heavy atom. The van der Waals surface area contributed by atoms with Gasteiger partial charge in [0, 0.05) is 36.4 Å². The van der Waals surface area contributed by atoms with Gasteiger partial charge in [-0.15, -0.1) is 5.10 Å². The summed E-state index contributed by atoms with van der Waals surface area (Å²) in [7, 11) is 0. The molecule has 3 N–H and O–H groups in total. The summed E-state index contributed by atoms with van der Waals surface area (Å²) in [5.41, 5.74) is 3.07. The van der Waals surface area contributed by atoms with Crippen LogP contribution >= 0.6 is 0 Å². The largest absolute Gasteiger partial charge is 0.366 e. The molecule has 164 valence electrons. The number of nitrogens with zero attached hydrogens (tertiary/aromatic N) is 5. The number of carbonyl (C=O) groups is 1. The van der Waals surface area contributed by atoms with Crippen LogP contribution in [0.3, 0.4) is 0 Å². The number of aromatic nitrogens is 5. The summed E-state index contributed by atoms with van der Waals surface area (Å²) in [5, 5.41) is 14.4. The fourth-order valence-electron chi connectivity index (χ4n) is 3.44. The van der Waals surface area contributed by atoms with E-state index < -0.39 is 0 Å². The zero-order chi connectivity index (χ0) is 22.3. The van der Waals surface area contributed by atoms with Crippen LogP contribution in [-0.4, -0.2) is 36.5 Å². The third-order valence-electron chi connectivity index (χ3n) is 5.06. The first-order valence-corrected chi connectivity index (χ1v) is 10.7. The van der Waals surface area contributed by atoms with Crippen molar-refractivity contribution in [3.05, 3.63) is 67.0 Å². The van der Waals surface area contributed by atoms with Crippen LogP contribution in [-0.2, 0) is 0 Å². The van der Waals surface area contributed by atoms with Gasteiger partial charge in [-0.3, -0.25) is 14.8 Å². The molecular weight excluding hydrogens is 404 g/mol. The van der Waals surface area contributed by atoms with Crippen LogP contribution in [0.15, 0.2) is 61.3 Å². The lowest BCUT2D eigenvalue weighted by Gasteiger charge is -2.18. The predicted molar refractivity (Wildman–Crippen MR) is 125 cm³/mol. The van der Waals surface area contributed by atoms with Gasteiger partial charge in [0.2, 0.25) is 0 Å². The fourth-order valence-corrected chi connectivity index (χ4v) is 3.44. The van der Waals surface area contributed by atoms with Crippen molar-refractivity contribution >= 4 is 34.4 Å². The Morgan fingerprint density at radius 3 is 2.62 bits per heavy atom. The van der Waals surface area contributed by atoms with E-state index in [1.807, 2.05) is 18.2 Å². The summed E-state index contributed by atoms with van der Waals surface area (Å²) in [6, 6.07) is 9.43. The molecule has 0 aromatic carbocycles. The number of hydrogen-bond donors (Lipinski definition) is 3. The minimum atomic E-state index is -0.304. The number of imidazole rings is 1. The van der Waals surface area contributed by atoms with Crippen LogP contribution in [0.1, 0.15) is 43.6 Å². The Hall–Kier alpha value is -4.01. The van der Waals surface area contributed by atoms with Gasteiger partial charge in [0.1, 0.15) is 5.82 Å². The van der Waals surface area contributed by atoms with Gasteiger partial charge in [0.15, 0.2) is 11.3 Å². The van der Waals surface area contributed by atoms with Gasteiger partial charge in [-0.1, -0.05) is 20.3 Å². The van der Waals surface area contributed by atoms with E-state index in [9.17, 15) is 4.79 Å². The lowest BCUT2D eigenvalue weighted by molar-refractivity contribution is 0.102. The van der Waals surface area contributed by atoms with E-state index in [0.717, 1.165) is 30.6 Å². The molecule has 4 heterocycles. The minimum absolute atomic E-state index is 0.286. The van der Waals surface area contributed by atoms with Crippen LogP contribution in [0.25, 0.3) is 5.65 Å². The van der Waals surface area contributed by atoms with E-state index in [-0.39, 0.29) is 11.9 Å². The SMILES string of the molecule is CCC[C@@H](CC)Nc1cc(Nc2cccnc2)c2ncc(C(=O)Nc3ccncc3)n2n1. The van der Waals surface area contributed by atoms with Gasteiger partial charge >= 0.3 is 0 Å². The maximum absolute atomic E-state index is 13.0. The minimum Gasteiger partial charge on any atom is -0.366 e. The molecule has 0 spiro atoms. The average molecular weight is 431 g/mol. The molecule has 0 unspecified atom stereocenters. The Morgan fingerprint density at radius 2 is 1.91 bits per heavy atom. The zero-order valence-corrected chi connectivity index (χ0v) is 18.1. The van der Waals surface area contributed by atoms with Crippen LogP contribution < -0.4 is 16.0 Å². The summed E-state index contributed by atoms with van der Waals surface area (Å²) in [4.78, 5) is 25.6. The van der Waals surface area contributed by atoms with Gasteiger partial charge < -0.3 is 16.0 Å². The highest BCUT2D eigenvalue weighted by Gasteiger charge is 2.18. The summed E-state index contributed by atoms with van der Waals surface area (Å²) >= 11 is 0. The number of anilines is 4. The van der Waals surface area contributed by atoms with Crippen molar-refractivity contribution in [2.75, 3.05) is 16.0 Å². The molecule has 0 aliphatic rings. The summed E-state index contributed by atoms with van der Waals surface area (Å²) in [6.07, 6.45) is 11.3. The number of rotatable bonds is 9. The van der Waals surface area contributed by atoms with Gasteiger partial charge in [-0.05, 0) is 37.1 Å². The number of nitrogens with one attached hydrogen (secondary N) is 3. The molecule has 4 aromatic heterocycles. The van der Waals surface area contributed by atoms with E-state index in [4.69, 9.17) is 0 Å². The van der Waals surface area contributed by atoms with E-state index >= 15 is 0 Å². The maximum atomic E-state index is 13.0. The van der Waals surface area contributed by atoms with Crippen molar-refractivity contribution in [3.8, 4) is 0 Å². The second-order valence-corrected chi connectivity index (χ2v) is 7.42. The lowest BCUT2D eigenvalue weighted by atomic mass is 10.1. The smallest absolute Gasteiger partial charge is 0.276 e. The number of amides is 1. The molecular formula is C23H26N8O. The van der Waals surface area contributed by atoms with Gasteiger partial charge in [-0.2, -0.15) is 0 Å². The lowest BCUT2D eigenvalue weighted by Crippen LogP contribution is -2.21. The first kappa shape index (κ1) is 21.2. The molecule has 0 saturated heterocycles. The number of hydrogen-bond acceptors (Lipinski definition) is 7. The van der Waals surface area contributed by atoms with Crippen molar-refractivity contribution in [1.82, 2.24) is 24.6 Å². The van der Waals surface area contributed by atoms with Gasteiger partial charge in [-0.25, -0.2) is 9.50 Å². The van der Waals surface area contributed by atoms with E-state index in [1.54, 1.807) is 41.4 Å². The third kappa shape index (κ3) is 4.83. The van der Waals surface area contributed by atoms with Crippen molar-refractivity contribution in [2.45, 2.75) is 39.2 Å². The highest BCUT2D eigenvalue weighted by atomic mass is 16.2. The number of carbonyl (C=O) groups excluding carboxylic acids is 1. The van der Waals surface area contributed by atoms with Crippen molar-refractivity contribution in [1.29, 1.82) is 0 Å². The van der Waals surface area contributed by atoms with Crippen molar-refractivity contribution in [3.63, 3.8) is 0 Å². The van der Waals surface area contributed by atoms with Crippen LogP contribution in [0.2, 0.25) is 0 Å². The Balaban J connectivity index is 1.73. The van der Waals surface area contributed by atoms with E-state index in [0.29, 0.717) is 22.8 Å². The quantitative estimate of drug-likeness (QED) is 0.358. The van der Waals surface area contributed by atoms with Crippen LogP contribution in [0.4, 0.5) is 22.9 Å². The summed E-state index contributed by atoms with van der Waals surface area (Å²) < 4.78 is 1.57. The highest BCUT2D eigenvalue weighted by Crippen LogP contribution is 2.25. The Labute approximate surface area is 186 Å². The Bertz CT molecular complexity index is 1180. The van der Waals surface area contributed by atoms with Crippen LogP contribution in [0.5, 0.6) is 0 Å². The predicted octanol–water partition coefficient (Wildman–Crippen LogP) is 4.51. The monoisotopic (exact) mass is 430 g/mol. The molecule has 4 aromatic rings.